The van der Waals surface area contributed by atoms with Crippen molar-refractivity contribution < 1.29 is 4.39 Å². The van der Waals surface area contributed by atoms with Crippen molar-refractivity contribution in [2.45, 2.75) is 52.6 Å². The molecule has 1 saturated heterocycles. The highest BCUT2D eigenvalue weighted by molar-refractivity contribution is 5.55. The summed E-state index contributed by atoms with van der Waals surface area (Å²) in [5, 5.41) is 3.46. The molecule has 2 rings (SSSR count). The van der Waals surface area contributed by atoms with Crippen LogP contribution in [0.1, 0.15) is 46.1 Å². The van der Waals surface area contributed by atoms with Gasteiger partial charge in [-0.3, -0.25) is 0 Å². The molecule has 0 saturated carbocycles. The molecule has 1 aromatic rings. The largest absolute Gasteiger partial charge is 0.369 e. The molecule has 1 aliphatic rings. The molecule has 3 heteroatoms. The second kappa shape index (κ2) is 6.13. The zero-order chi connectivity index (χ0) is 14.8. The van der Waals surface area contributed by atoms with Crippen molar-refractivity contribution in [3.63, 3.8) is 0 Å². The summed E-state index contributed by atoms with van der Waals surface area (Å²) in [6, 6.07) is 5.42. The highest BCUT2D eigenvalue weighted by Gasteiger charge is 2.21. The van der Waals surface area contributed by atoms with Gasteiger partial charge in [-0.15, -0.1) is 0 Å². The van der Waals surface area contributed by atoms with Crippen LogP contribution in [-0.4, -0.2) is 18.6 Å². The van der Waals surface area contributed by atoms with Crippen LogP contribution in [0.2, 0.25) is 0 Å². The topological polar surface area (TPSA) is 15.3 Å². The molecule has 0 unspecified atom stereocenters. The van der Waals surface area contributed by atoms with Crippen LogP contribution in [0.3, 0.4) is 0 Å². The van der Waals surface area contributed by atoms with Gasteiger partial charge < -0.3 is 10.2 Å². The highest BCUT2D eigenvalue weighted by Crippen LogP contribution is 2.29. The van der Waals surface area contributed by atoms with Crippen LogP contribution < -0.4 is 10.2 Å². The van der Waals surface area contributed by atoms with E-state index in [-0.39, 0.29) is 11.4 Å². The zero-order valence-corrected chi connectivity index (χ0v) is 13.2. The van der Waals surface area contributed by atoms with Crippen molar-refractivity contribution in [2.24, 2.45) is 5.92 Å². The van der Waals surface area contributed by atoms with Crippen LogP contribution in [0.4, 0.5) is 10.1 Å². The fourth-order valence-corrected chi connectivity index (χ4v) is 2.65. The van der Waals surface area contributed by atoms with E-state index >= 15 is 0 Å². The summed E-state index contributed by atoms with van der Waals surface area (Å²) in [6.07, 6.45) is 2.31. The van der Waals surface area contributed by atoms with E-state index in [4.69, 9.17) is 0 Å². The van der Waals surface area contributed by atoms with E-state index in [1.165, 1.54) is 0 Å². The third-order valence-corrected chi connectivity index (χ3v) is 3.98. The Labute approximate surface area is 122 Å². The number of benzene rings is 1. The van der Waals surface area contributed by atoms with Gasteiger partial charge in [0.2, 0.25) is 0 Å². The number of halogens is 1. The molecular weight excluding hydrogens is 251 g/mol. The zero-order valence-electron chi connectivity index (χ0n) is 13.2. The number of nitrogens with one attached hydrogen (secondary N) is 1. The number of piperidine rings is 1. The van der Waals surface area contributed by atoms with Gasteiger partial charge in [0, 0.05) is 25.2 Å². The molecule has 1 aromatic carbocycles. The van der Waals surface area contributed by atoms with Crippen LogP contribution in [0.25, 0.3) is 0 Å². The normalized spacial score (nSPS) is 17.6. The highest BCUT2D eigenvalue weighted by atomic mass is 19.1. The van der Waals surface area contributed by atoms with Crippen LogP contribution in [0.15, 0.2) is 18.2 Å². The number of hydrogen-bond donors (Lipinski definition) is 1. The molecule has 1 heterocycles. The van der Waals surface area contributed by atoms with Gasteiger partial charge in [0.1, 0.15) is 5.82 Å². The Morgan fingerprint density at radius 1 is 1.25 bits per heavy atom. The Morgan fingerprint density at radius 3 is 2.50 bits per heavy atom. The van der Waals surface area contributed by atoms with Crippen molar-refractivity contribution in [3.8, 4) is 0 Å². The number of rotatable bonds is 3. The third-order valence-electron chi connectivity index (χ3n) is 3.98. The van der Waals surface area contributed by atoms with E-state index in [0.717, 1.165) is 43.1 Å². The fraction of sp³-hybridized carbons (Fsp3) is 0.647. The third kappa shape index (κ3) is 3.95. The van der Waals surface area contributed by atoms with E-state index < -0.39 is 0 Å². The monoisotopic (exact) mass is 278 g/mol. The van der Waals surface area contributed by atoms with Crippen molar-refractivity contribution in [1.82, 2.24) is 5.32 Å². The fourth-order valence-electron chi connectivity index (χ4n) is 2.65. The quantitative estimate of drug-likeness (QED) is 0.900. The maximum atomic E-state index is 14.3. The summed E-state index contributed by atoms with van der Waals surface area (Å²) >= 11 is 0. The Hall–Kier alpha value is -1.09. The second-order valence-electron chi connectivity index (χ2n) is 7.02. The summed E-state index contributed by atoms with van der Waals surface area (Å²) < 4.78 is 14.3. The van der Waals surface area contributed by atoms with Gasteiger partial charge >= 0.3 is 0 Å². The molecule has 0 radical (unpaired) electrons. The Kier molecular flexibility index (Phi) is 4.69. The maximum absolute atomic E-state index is 14.3. The Balaban J connectivity index is 2.18. The number of anilines is 1. The summed E-state index contributed by atoms with van der Waals surface area (Å²) in [4.78, 5) is 2.22. The van der Waals surface area contributed by atoms with Gasteiger partial charge in [0.25, 0.3) is 0 Å². The van der Waals surface area contributed by atoms with E-state index in [1.54, 1.807) is 6.07 Å². The van der Waals surface area contributed by atoms with Crippen LogP contribution in [-0.2, 0) is 6.54 Å². The minimum absolute atomic E-state index is 0.0417. The van der Waals surface area contributed by atoms with Crippen molar-refractivity contribution in [1.29, 1.82) is 0 Å². The number of hydrogen-bond acceptors (Lipinski definition) is 2. The predicted molar refractivity (Wildman–Crippen MR) is 83.6 cm³/mol. The van der Waals surface area contributed by atoms with Gasteiger partial charge in [-0.1, -0.05) is 19.1 Å². The van der Waals surface area contributed by atoms with Gasteiger partial charge in [0.05, 0.1) is 5.69 Å². The second-order valence-corrected chi connectivity index (χ2v) is 7.02. The predicted octanol–water partition coefficient (Wildman–Crippen LogP) is 3.95. The first kappa shape index (κ1) is 15.3. The lowest BCUT2D eigenvalue weighted by molar-refractivity contribution is 0.418. The van der Waals surface area contributed by atoms with Gasteiger partial charge in [-0.05, 0) is 51.2 Å². The first-order valence-corrected chi connectivity index (χ1v) is 7.64. The average Bonchev–Trinajstić information content (AvgIpc) is 2.37. The van der Waals surface area contributed by atoms with E-state index in [9.17, 15) is 4.39 Å². The molecule has 0 amide bonds. The molecule has 0 atom stereocenters. The summed E-state index contributed by atoms with van der Waals surface area (Å²) in [6.45, 7) is 11.3. The molecule has 0 aliphatic carbocycles. The molecule has 2 nitrogen and oxygen atoms in total. The summed E-state index contributed by atoms with van der Waals surface area (Å²) in [7, 11) is 0. The lowest BCUT2D eigenvalue weighted by Crippen LogP contribution is -2.37. The van der Waals surface area contributed by atoms with Gasteiger partial charge in [-0.25, -0.2) is 4.39 Å². The van der Waals surface area contributed by atoms with Crippen molar-refractivity contribution in [3.05, 3.63) is 29.6 Å². The standard InChI is InChI=1S/C17H27FN2/c1-13-8-10-20(11-9-13)16-14(6-5-7-15(16)18)12-19-17(2,3)4/h5-7,13,19H,8-12H2,1-4H3. The number of para-hydroxylation sites is 1. The van der Waals surface area contributed by atoms with Gasteiger partial charge in [-0.2, -0.15) is 0 Å². The average molecular weight is 278 g/mol. The van der Waals surface area contributed by atoms with Crippen LogP contribution in [0, 0.1) is 11.7 Å². The first-order chi connectivity index (χ1) is 9.37. The van der Waals surface area contributed by atoms with Crippen LogP contribution in [0.5, 0.6) is 0 Å². The molecule has 1 N–H and O–H groups in total. The molecule has 112 valence electrons. The molecular formula is C17H27FN2. The molecule has 0 bridgehead atoms. The van der Waals surface area contributed by atoms with Gasteiger partial charge in [0.15, 0.2) is 0 Å². The Morgan fingerprint density at radius 2 is 1.90 bits per heavy atom. The van der Waals surface area contributed by atoms with E-state index in [2.05, 4.69) is 37.9 Å². The van der Waals surface area contributed by atoms with Crippen molar-refractivity contribution >= 4 is 5.69 Å². The molecule has 0 aromatic heterocycles. The number of nitrogens with zero attached hydrogens (tertiary/aromatic N) is 1. The summed E-state index contributed by atoms with van der Waals surface area (Å²) in [5.74, 6) is 0.668. The molecule has 20 heavy (non-hydrogen) atoms. The first-order valence-electron chi connectivity index (χ1n) is 7.64. The lowest BCUT2D eigenvalue weighted by Gasteiger charge is -2.34. The van der Waals surface area contributed by atoms with E-state index in [0.29, 0.717) is 6.54 Å². The smallest absolute Gasteiger partial charge is 0.146 e. The minimum Gasteiger partial charge on any atom is -0.369 e. The molecule has 1 fully saturated rings. The Bertz CT molecular complexity index is 443. The van der Waals surface area contributed by atoms with Crippen LogP contribution >= 0.6 is 0 Å². The maximum Gasteiger partial charge on any atom is 0.146 e. The van der Waals surface area contributed by atoms with E-state index in [1.807, 2.05) is 12.1 Å². The molecule has 1 aliphatic heterocycles. The molecule has 0 spiro atoms. The SMILES string of the molecule is CC1CCN(c2c(F)cccc2CNC(C)(C)C)CC1. The lowest BCUT2D eigenvalue weighted by atomic mass is 9.97. The van der Waals surface area contributed by atoms with Crippen molar-refractivity contribution in [2.75, 3.05) is 18.0 Å². The summed E-state index contributed by atoms with van der Waals surface area (Å²) in [5.41, 5.74) is 1.91. The minimum atomic E-state index is -0.0900.